The van der Waals surface area contributed by atoms with Gasteiger partial charge < -0.3 is 15.2 Å². The minimum Gasteiger partial charge on any atom is -0.361 e. The summed E-state index contributed by atoms with van der Waals surface area (Å²) in [5.41, 5.74) is 3.11. The van der Waals surface area contributed by atoms with Gasteiger partial charge in [0.25, 0.3) is 0 Å². The highest BCUT2D eigenvalue weighted by molar-refractivity contribution is 5.97. The van der Waals surface area contributed by atoms with Crippen molar-refractivity contribution in [2.45, 2.75) is 24.9 Å². The highest BCUT2D eigenvalue weighted by Crippen LogP contribution is 2.21. The SMILES string of the molecule is CN1C(=O)[C@@H](Cc2c[nH]c3ccccc23)NC(=O)[C@@H]1Cc1ccccc1. The number of hydrogen-bond donors (Lipinski definition) is 2. The molecule has 5 heteroatoms. The molecule has 132 valence electrons. The van der Waals surface area contributed by atoms with Gasteiger partial charge >= 0.3 is 0 Å². The van der Waals surface area contributed by atoms with Crippen LogP contribution in [-0.2, 0) is 22.4 Å². The van der Waals surface area contributed by atoms with Crippen molar-refractivity contribution in [2.24, 2.45) is 0 Å². The van der Waals surface area contributed by atoms with E-state index in [1.807, 2.05) is 60.8 Å². The molecular formula is C21H21N3O2. The fourth-order valence-corrected chi connectivity index (χ4v) is 3.63. The Morgan fingerprint density at radius 1 is 0.962 bits per heavy atom. The number of carbonyl (C=O) groups excluding carboxylic acids is 2. The van der Waals surface area contributed by atoms with E-state index in [2.05, 4.69) is 10.3 Å². The van der Waals surface area contributed by atoms with Crippen LogP contribution in [0.1, 0.15) is 11.1 Å². The van der Waals surface area contributed by atoms with Crippen molar-refractivity contribution >= 4 is 22.7 Å². The molecule has 0 unspecified atom stereocenters. The zero-order chi connectivity index (χ0) is 18.1. The number of amides is 2. The summed E-state index contributed by atoms with van der Waals surface area (Å²) in [4.78, 5) is 30.3. The summed E-state index contributed by atoms with van der Waals surface area (Å²) in [6.07, 6.45) is 2.92. The number of aromatic nitrogens is 1. The third-order valence-electron chi connectivity index (χ3n) is 5.10. The molecular weight excluding hydrogens is 326 g/mol. The maximum atomic E-state index is 12.8. The zero-order valence-corrected chi connectivity index (χ0v) is 14.6. The number of hydrogen-bond acceptors (Lipinski definition) is 2. The zero-order valence-electron chi connectivity index (χ0n) is 14.6. The van der Waals surface area contributed by atoms with Crippen LogP contribution in [0.4, 0.5) is 0 Å². The van der Waals surface area contributed by atoms with Crippen LogP contribution >= 0.6 is 0 Å². The van der Waals surface area contributed by atoms with Gasteiger partial charge in [-0.05, 0) is 17.2 Å². The molecule has 2 atom stereocenters. The average Bonchev–Trinajstić information content (AvgIpc) is 3.07. The first-order chi connectivity index (χ1) is 12.6. The molecule has 0 bridgehead atoms. The van der Waals surface area contributed by atoms with E-state index in [9.17, 15) is 9.59 Å². The number of fused-ring (bicyclic) bond motifs is 1. The molecule has 1 saturated heterocycles. The number of likely N-dealkylation sites (N-methyl/N-ethyl adjacent to an activating group) is 1. The Hall–Kier alpha value is -3.08. The molecule has 1 fully saturated rings. The molecule has 2 heterocycles. The second-order valence-electron chi connectivity index (χ2n) is 6.78. The Labute approximate surface area is 152 Å². The lowest BCUT2D eigenvalue weighted by Gasteiger charge is -2.36. The lowest BCUT2D eigenvalue weighted by molar-refractivity contribution is -0.147. The quantitative estimate of drug-likeness (QED) is 0.760. The summed E-state index contributed by atoms with van der Waals surface area (Å²) in [6, 6.07) is 16.8. The van der Waals surface area contributed by atoms with Crippen LogP contribution in [0, 0.1) is 0 Å². The predicted molar refractivity (Wildman–Crippen MR) is 101 cm³/mol. The topological polar surface area (TPSA) is 65.2 Å². The van der Waals surface area contributed by atoms with Gasteiger partial charge in [-0.2, -0.15) is 0 Å². The first-order valence-electron chi connectivity index (χ1n) is 8.79. The number of carbonyl (C=O) groups is 2. The smallest absolute Gasteiger partial charge is 0.245 e. The first kappa shape index (κ1) is 16.4. The van der Waals surface area contributed by atoms with E-state index in [1.54, 1.807) is 11.9 Å². The van der Waals surface area contributed by atoms with E-state index in [4.69, 9.17) is 0 Å². The minimum absolute atomic E-state index is 0.0455. The lowest BCUT2D eigenvalue weighted by Crippen LogP contribution is -2.63. The van der Waals surface area contributed by atoms with E-state index in [0.717, 1.165) is 22.0 Å². The maximum Gasteiger partial charge on any atom is 0.245 e. The molecule has 0 aliphatic carbocycles. The Morgan fingerprint density at radius 2 is 1.69 bits per heavy atom. The Morgan fingerprint density at radius 3 is 2.50 bits per heavy atom. The third-order valence-corrected chi connectivity index (χ3v) is 5.10. The van der Waals surface area contributed by atoms with Crippen molar-refractivity contribution in [3.05, 3.63) is 71.9 Å². The Bertz CT molecular complexity index is 948. The van der Waals surface area contributed by atoms with Gasteiger partial charge in [0.2, 0.25) is 11.8 Å². The summed E-state index contributed by atoms with van der Waals surface area (Å²) >= 11 is 0. The molecule has 4 rings (SSSR count). The van der Waals surface area contributed by atoms with Gasteiger partial charge in [-0.25, -0.2) is 0 Å². The second-order valence-corrected chi connectivity index (χ2v) is 6.78. The first-order valence-corrected chi connectivity index (χ1v) is 8.79. The highest BCUT2D eigenvalue weighted by atomic mass is 16.2. The van der Waals surface area contributed by atoms with Crippen LogP contribution in [-0.4, -0.2) is 40.8 Å². The lowest BCUT2D eigenvalue weighted by atomic mass is 9.97. The standard InChI is InChI=1S/C21H21N3O2/c1-24-19(11-14-7-3-2-4-8-14)20(25)23-18(21(24)26)12-15-13-22-17-10-6-5-9-16(15)17/h2-10,13,18-19,22H,11-12H2,1H3,(H,23,25)/t18-,19+/m1/s1. The van der Waals surface area contributed by atoms with E-state index in [0.29, 0.717) is 12.8 Å². The van der Waals surface area contributed by atoms with Crippen molar-refractivity contribution < 1.29 is 9.59 Å². The monoisotopic (exact) mass is 347 g/mol. The van der Waals surface area contributed by atoms with Gasteiger partial charge in [0.1, 0.15) is 12.1 Å². The van der Waals surface area contributed by atoms with Crippen LogP contribution in [0.2, 0.25) is 0 Å². The Balaban J connectivity index is 1.52. The van der Waals surface area contributed by atoms with E-state index in [1.165, 1.54) is 0 Å². The molecule has 26 heavy (non-hydrogen) atoms. The average molecular weight is 347 g/mol. The minimum atomic E-state index is -0.529. The number of H-pyrrole nitrogens is 1. The maximum absolute atomic E-state index is 12.8. The molecule has 2 amide bonds. The number of nitrogens with one attached hydrogen (secondary N) is 2. The van der Waals surface area contributed by atoms with Crippen LogP contribution in [0.5, 0.6) is 0 Å². The van der Waals surface area contributed by atoms with Crippen LogP contribution in [0.3, 0.4) is 0 Å². The summed E-state index contributed by atoms with van der Waals surface area (Å²) < 4.78 is 0. The molecule has 2 N–H and O–H groups in total. The van der Waals surface area contributed by atoms with Gasteiger partial charge in [-0.3, -0.25) is 9.59 Å². The van der Waals surface area contributed by atoms with Crippen molar-refractivity contribution in [1.29, 1.82) is 0 Å². The van der Waals surface area contributed by atoms with Crippen molar-refractivity contribution in [3.63, 3.8) is 0 Å². The van der Waals surface area contributed by atoms with Gasteiger partial charge in [-0.15, -0.1) is 0 Å². The Kier molecular flexibility index (Phi) is 4.21. The normalized spacial score (nSPS) is 20.4. The number of benzene rings is 2. The third kappa shape index (κ3) is 2.96. The molecule has 1 aliphatic heterocycles. The highest BCUT2D eigenvalue weighted by Gasteiger charge is 2.38. The fourth-order valence-electron chi connectivity index (χ4n) is 3.63. The van der Waals surface area contributed by atoms with Gasteiger partial charge in [-0.1, -0.05) is 48.5 Å². The molecule has 0 radical (unpaired) electrons. The van der Waals surface area contributed by atoms with Gasteiger partial charge in [0, 0.05) is 37.0 Å². The molecule has 2 aromatic carbocycles. The number of piperazine rings is 1. The molecule has 0 saturated carbocycles. The summed E-state index contributed by atoms with van der Waals surface area (Å²) in [6.45, 7) is 0. The molecule has 1 aliphatic rings. The summed E-state index contributed by atoms with van der Waals surface area (Å²) in [7, 11) is 1.72. The van der Waals surface area contributed by atoms with Crippen molar-refractivity contribution in [2.75, 3.05) is 7.05 Å². The number of nitrogens with zero attached hydrogens (tertiary/aromatic N) is 1. The largest absolute Gasteiger partial charge is 0.361 e. The van der Waals surface area contributed by atoms with Crippen LogP contribution in [0.15, 0.2) is 60.8 Å². The van der Waals surface area contributed by atoms with E-state index < -0.39 is 12.1 Å². The van der Waals surface area contributed by atoms with Gasteiger partial charge in [0.15, 0.2) is 0 Å². The van der Waals surface area contributed by atoms with Gasteiger partial charge in [0.05, 0.1) is 0 Å². The van der Waals surface area contributed by atoms with Crippen molar-refractivity contribution in [1.82, 2.24) is 15.2 Å². The van der Waals surface area contributed by atoms with Crippen LogP contribution < -0.4 is 5.32 Å². The van der Waals surface area contributed by atoms with Crippen molar-refractivity contribution in [3.8, 4) is 0 Å². The van der Waals surface area contributed by atoms with E-state index >= 15 is 0 Å². The predicted octanol–water partition coefficient (Wildman–Crippen LogP) is 2.28. The number of rotatable bonds is 4. The summed E-state index contributed by atoms with van der Waals surface area (Å²) in [5.74, 6) is -0.142. The molecule has 3 aromatic rings. The van der Waals surface area contributed by atoms with Crippen LogP contribution in [0.25, 0.3) is 10.9 Å². The molecule has 5 nitrogen and oxygen atoms in total. The number of aromatic amines is 1. The second kappa shape index (κ2) is 6.67. The summed E-state index contributed by atoms with van der Waals surface area (Å²) in [5, 5.41) is 4.01. The van der Waals surface area contributed by atoms with E-state index in [-0.39, 0.29) is 11.8 Å². The number of para-hydroxylation sites is 1. The molecule has 1 aromatic heterocycles. The fraction of sp³-hybridized carbons (Fsp3) is 0.238. The molecule has 0 spiro atoms.